The van der Waals surface area contributed by atoms with E-state index in [1.807, 2.05) is 0 Å². The molecule has 1 aliphatic carbocycles. The number of hydrogen-bond donors (Lipinski definition) is 0. The fourth-order valence-electron chi connectivity index (χ4n) is 5.91. The van der Waals surface area contributed by atoms with Crippen LogP contribution in [-0.2, 0) is 4.74 Å². The summed E-state index contributed by atoms with van der Waals surface area (Å²) >= 11 is 0. The first-order chi connectivity index (χ1) is 12.1. The lowest BCUT2D eigenvalue weighted by molar-refractivity contribution is -0.934. The Labute approximate surface area is 163 Å². The van der Waals surface area contributed by atoms with E-state index in [1.165, 1.54) is 93.2 Å². The minimum absolute atomic E-state index is 0.513. The highest BCUT2D eigenvalue weighted by Crippen LogP contribution is 2.50. The molecule has 3 heteroatoms. The molecule has 3 fully saturated rings. The molecule has 0 atom stereocenters. The summed E-state index contributed by atoms with van der Waals surface area (Å²) in [6.07, 6.45) is 10.3. The van der Waals surface area contributed by atoms with Crippen LogP contribution < -0.4 is 0 Å². The molecule has 0 radical (unpaired) electrons. The van der Waals surface area contributed by atoms with Gasteiger partial charge < -0.3 is 13.7 Å². The first kappa shape index (κ1) is 20.6. The van der Waals surface area contributed by atoms with Crippen LogP contribution >= 0.6 is 0 Å². The van der Waals surface area contributed by atoms with Gasteiger partial charge in [0.05, 0.1) is 53.5 Å². The molecule has 26 heavy (non-hydrogen) atoms. The molecule has 0 unspecified atom stereocenters. The fourth-order valence-corrected chi connectivity index (χ4v) is 5.91. The first-order valence-electron chi connectivity index (χ1n) is 11.4. The number of morpholine rings is 1. The van der Waals surface area contributed by atoms with E-state index in [-0.39, 0.29) is 0 Å². The summed E-state index contributed by atoms with van der Waals surface area (Å²) < 4.78 is 8.12. The maximum absolute atomic E-state index is 5.55. The maximum atomic E-state index is 5.55. The molecular weight excluding hydrogens is 320 g/mol. The molecule has 3 nitrogen and oxygen atoms in total. The van der Waals surface area contributed by atoms with Crippen molar-refractivity contribution in [2.24, 2.45) is 16.7 Å². The molecule has 1 spiro atoms. The number of likely N-dealkylation sites (N-methyl/N-ethyl adjacent to an activating group) is 1. The summed E-state index contributed by atoms with van der Waals surface area (Å²) in [6, 6.07) is 0. The van der Waals surface area contributed by atoms with Crippen molar-refractivity contribution in [3.63, 3.8) is 0 Å². The summed E-state index contributed by atoms with van der Waals surface area (Å²) in [5, 5.41) is 0. The molecule has 1 saturated carbocycles. The molecule has 3 aliphatic rings. The summed E-state index contributed by atoms with van der Waals surface area (Å²) in [5.41, 5.74) is 1.22. The van der Waals surface area contributed by atoms with Gasteiger partial charge in [-0.2, -0.15) is 0 Å². The largest absolute Gasteiger partial charge is 0.370 e. The number of hydrogen-bond acceptors (Lipinski definition) is 1. The number of ether oxygens (including phenoxy) is 1. The zero-order valence-electron chi connectivity index (χ0n) is 18.5. The van der Waals surface area contributed by atoms with E-state index in [2.05, 4.69) is 34.9 Å². The van der Waals surface area contributed by atoms with Gasteiger partial charge in [-0.15, -0.1) is 0 Å². The second-order valence-corrected chi connectivity index (χ2v) is 11.7. The molecule has 0 bridgehead atoms. The quantitative estimate of drug-likeness (QED) is 0.674. The van der Waals surface area contributed by atoms with E-state index in [4.69, 9.17) is 4.74 Å². The average molecular weight is 367 g/mol. The smallest absolute Gasteiger partial charge is 0.102 e. The van der Waals surface area contributed by atoms with Crippen LogP contribution in [0.3, 0.4) is 0 Å². The lowest BCUT2D eigenvalue weighted by Crippen LogP contribution is -2.56. The Kier molecular flexibility index (Phi) is 6.12. The maximum Gasteiger partial charge on any atom is 0.102 e. The number of nitrogens with zero attached hydrogens (tertiary/aromatic N) is 2. The van der Waals surface area contributed by atoms with Gasteiger partial charge in [-0.05, 0) is 42.4 Å². The van der Waals surface area contributed by atoms with Crippen molar-refractivity contribution in [3.05, 3.63) is 0 Å². The van der Waals surface area contributed by atoms with E-state index in [0.29, 0.717) is 10.8 Å². The number of likely N-dealkylation sites (tertiary alicyclic amines) is 1. The van der Waals surface area contributed by atoms with Crippen molar-refractivity contribution in [1.29, 1.82) is 0 Å². The van der Waals surface area contributed by atoms with Crippen LogP contribution in [0.5, 0.6) is 0 Å². The van der Waals surface area contributed by atoms with E-state index >= 15 is 0 Å². The van der Waals surface area contributed by atoms with Crippen LogP contribution in [-0.4, -0.2) is 75.5 Å². The molecule has 0 aromatic heterocycles. The van der Waals surface area contributed by atoms with Crippen LogP contribution in [0, 0.1) is 16.7 Å². The molecule has 2 aliphatic heterocycles. The second kappa shape index (κ2) is 7.72. The lowest BCUT2D eigenvalue weighted by Gasteiger charge is -2.51. The fraction of sp³-hybridized carbons (Fsp3) is 1.00. The molecule has 0 N–H and O–H groups in total. The van der Waals surface area contributed by atoms with Crippen LogP contribution in [0.15, 0.2) is 0 Å². The molecule has 152 valence electrons. The SMILES string of the molecule is CC(C)(C)C1CCC2(CC1)CC[N+](C)(CCC[N+]1(C)CCOCC1)CC2. The van der Waals surface area contributed by atoms with E-state index < -0.39 is 0 Å². The zero-order chi connectivity index (χ0) is 18.9. The molecule has 0 amide bonds. The van der Waals surface area contributed by atoms with Gasteiger partial charge in [0, 0.05) is 19.3 Å². The zero-order valence-corrected chi connectivity index (χ0v) is 18.5. The molecule has 0 aromatic carbocycles. The Morgan fingerprint density at radius 2 is 1.31 bits per heavy atom. The Morgan fingerprint density at radius 3 is 1.81 bits per heavy atom. The Bertz CT molecular complexity index is 443. The Hall–Kier alpha value is -0.120. The average Bonchev–Trinajstić information content (AvgIpc) is 2.58. The normalized spacial score (nSPS) is 38.4. The molecular formula is C23H46N2O+2. The third-order valence-corrected chi connectivity index (χ3v) is 8.58. The molecule has 3 rings (SSSR count). The van der Waals surface area contributed by atoms with Gasteiger partial charge in [0.2, 0.25) is 0 Å². The van der Waals surface area contributed by atoms with E-state index in [0.717, 1.165) is 19.1 Å². The summed E-state index contributed by atoms with van der Waals surface area (Å²) in [5.74, 6) is 0.953. The van der Waals surface area contributed by atoms with Crippen molar-refractivity contribution in [2.75, 3.05) is 66.6 Å². The topological polar surface area (TPSA) is 9.23 Å². The van der Waals surface area contributed by atoms with Crippen molar-refractivity contribution in [1.82, 2.24) is 0 Å². The first-order valence-corrected chi connectivity index (χ1v) is 11.4. The molecule has 2 heterocycles. The van der Waals surface area contributed by atoms with Gasteiger partial charge in [0.1, 0.15) is 13.1 Å². The van der Waals surface area contributed by atoms with Crippen molar-refractivity contribution >= 4 is 0 Å². The van der Waals surface area contributed by atoms with Crippen LogP contribution in [0.2, 0.25) is 0 Å². The van der Waals surface area contributed by atoms with E-state index in [1.54, 1.807) is 0 Å². The number of quaternary nitrogens is 2. The van der Waals surface area contributed by atoms with Crippen molar-refractivity contribution in [2.45, 2.75) is 65.7 Å². The summed E-state index contributed by atoms with van der Waals surface area (Å²) in [6.45, 7) is 17.3. The van der Waals surface area contributed by atoms with Gasteiger partial charge in [0.15, 0.2) is 0 Å². The third-order valence-electron chi connectivity index (χ3n) is 8.58. The van der Waals surface area contributed by atoms with Crippen LogP contribution in [0.4, 0.5) is 0 Å². The second-order valence-electron chi connectivity index (χ2n) is 11.7. The third kappa shape index (κ3) is 5.02. The van der Waals surface area contributed by atoms with Gasteiger partial charge in [-0.3, -0.25) is 0 Å². The van der Waals surface area contributed by atoms with E-state index in [9.17, 15) is 0 Å². The van der Waals surface area contributed by atoms with Crippen LogP contribution in [0.1, 0.15) is 65.7 Å². The monoisotopic (exact) mass is 366 g/mol. The Balaban J connectivity index is 1.42. The highest BCUT2D eigenvalue weighted by Gasteiger charge is 2.44. The highest BCUT2D eigenvalue weighted by molar-refractivity contribution is 4.90. The minimum Gasteiger partial charge on any atom is -0.370 e. The summed E-state index contributed by atoms with van der Waals surface area (Å²) in [4.78, 5) is 0. The number of rotatable bonds is 4. The highest BCUT2D eigenvalue weighted by atomic mass is 16.5. The lowest BCUT2D eigenvalue weighted by atomic mass is 9.61. The minimum atomic E-state index is 0.513. The van der Waals surface area contributed by atoms with Gasteiger partial charge in [-0.25, -0.2) is 0 Å². The van der Waals surface area contributed by atoms with Gasteiger partial charge in [0.25, 0.3) is 0 Å². The predicted octanol–water partition coefficient (Wildman–Crippen LogP) is 4.32. The van der Waals surface area contributed by atoms with Gasteiger partial charge >= 0.3 is 0 Å². The molecule has 0 aromatic rings. The standard InChI is InChI=1S/C23H46N2O/c1-22(2,3)21-7-9-23(10-8-21)11-15-24(4,16-12-23)13-6-14-25(5)17-19-26-20-18-25/h21H,6-20H2,1-5H3/q+2. The predicted molar refractivity (Wildman–Crippen MR) is 110 cm³/mol. The van der Waals surface area contributed by atoms with Crippen LogP contribution in [0.25, 0.3) is 0 Å². The Morgan fingerprint density at radius 1 is 0.808 bits per heavy atom. The van der Waals surface area contributed by atoms with Crippen molar-refractivity contribution in [3.8, 4) is 0 Å². The van der Waals surface area contributed by atoms with Gasteiger partial charge in [-0.1, -0.05) is 20.8 Å². The molecule has 2 saturated heterocycles. The summed E-state index contributed by atoms with van der Waals surface area (Å²) in [7, 11) is 4.97. The number of piperidine rings is 1. The van der Waals surface area contributed by atoms with Crippen molar-refractivity contribution < 1.29 is 13.7 Å².